The van der Waals surface area contributed by atoms with E-state index in [4.69, 9.17) is 22.1 Å². The van der Waals surface area contributed by atoms with Gasteiger partial charge in [0.25, 0.3) is 0 Å². The standard InChI is InChI=1S/C18H17ClN2O4/c1-24-18(23)13-3-2-4-14(16(13)20)21-17(22)11-7-10-8-12(19)5-6-15(10)25-9-11/h2-6,8,11H,7,9,20H2,1H3,(H,21,22)/t11-/m1/s1. The molecule has 3 N–H and O–H groups in total. The first kappa shape index (κ1) is 17.1. The summed E-state index contributed by atoms with van der Waals surface area (Å²) in [7, 11) is 1.27. The summed E-state index contributed by atoms with van der Waals surface area (Å²) >= 11 is 6.00. The zero-order valence-corrected chi connectivity index (χ0v) is 14.3. The molecule has 1 aliphatic rings. The average molecular weight is 361 g/mol. The van der Waals surface area contributed by atoms with Crippen molar-refractivity contribution in [1.82, 2.24) is 0 Å². The van der Waals surface area contributed by atoms with Crippen LogP contribution in [0.4, 0.5) is 11.4 Å². The molecule has 0 fully saturated rings. The van der Waals surface area contributed by atoms with Gasteiger partial charge in [-0.15, -0.1) is 0 Å². The summed E-state index contributed by atoms with van der Waals surface area (Å²) in [5.74, 6) is -0.440. The predicted octanol–water partition coefficient (Wildman–Crippen LogP) is 2.90. The number of amides is 1. The van der Waals surface area contributed by atoms with Gasteiger partial charge in [0.15, 0.2) is 0 Å². The number of carbonyl (C=O) groups excluding carboxylic acids is 2. The molecule has 1 heterocycles. The highest BCUT2D eigenvalue weighted by Gasteiger charge is 2.27. The molecule has 0 radical (unpaired) electrons. The lowest BCUT2D eigenvalue weighted by atomic mass is 9.96. The number of hydrogen-bond donors (Lipinski definition) is 2. The molecular formula is C18H17ClN2O4. The zero-order valence-electron chi connectivity index (χ0n) is 13.5. The maximum Gasteiger partial charge on any atom is 0.340 e. The summed E-state index contributed by atoms with van der Waals surface area (Å²) in [6, 6.07) is 10.1. The summed E-state index contributed by atoms with van der Waals surface area (Å²) < 4.78 is 10.3. The largest absolute Gasteiger partial charge is 0.492 e. The number of fused-ring (bicyclic) bond motifs is 1. The molecule has 0 bridgehead atoms. The van der Waals surface area contributed by atoms with Gasteiger partial charge in [-0.1, -0.05) is 17.7 Å². The Labute approximate surface area is 149 Å². The highest BCUT2D eigenvalue weighted by atomic mass is 35.5. The van der Waals surface area contributed by atoms with Crippen LogP contribution in [0.25, 0.3) is 0 Å². The highest BCUT2D eigenvalue weighted by molar-refractivity contribution is 6.30. The number of nitrogen functional groups attached to an aromatic ring is 1. The molecule has 0 aromatic heterocycles. The lowest BCUT2D eigenvalue weighted by Gasteiger charge is -2.25. The first-order valence-corrected chi connectivity index (χ1v) is 8.06. The summed E-state index contributed by atoms with van der Waals surface area (Å²) in [6.45, 7) is 0.261. The van der Waals surface area contributed by atoms with Crippen molar-refractivity contribution in [2.45, 2.75) is 6.42 Å². The van der Waals surface area contributed by atoms with Crippen LogP contribution in [0.2, 0.25) is 5.02 Å². The molecule has 0 saturated heterocycles. The van der Waals surface area contributed by atoms with Crippen LogP contribution in [0.1, 0.15) is 15.9 Å². The highest BCUT2D eigenvalue weighted by Crippen LogP contribution is 2.31. The second kappa shape index (κ2) is 7.03. The SMILES string of the molecule is COC(=O)c1cccc(NC(=O)[C@H]2COc3ccc(Cl)cc3C2)c1N. The van der Waals surface area contributed by atoms with Crippen LogP contribution >= 0.6 is 11.6 Å². The molecular weight excluding hydrogens is 344 g/mol. The minimum Gasteiger partial charge on any atom is -0.492 e. The molecule has 25 heavy (non-hydrogen) atoms. The maximum atomic E-state index is 12.6. The number of hydrogen-bond acceptors (Lipinski definition) is 5. The lowest BCUT2D eigenvalue weighted by molar-refractivity contribution is -0.121. The van der Waals surface area contributed by atoms with E-state index in [0.29, 0.717) is 17.1 Å². The number of carbonyl (C=O) groups is 2. The van der Waals surface area contributed by atoms with E-state index in [1.165, 1.54) is 7.11 Å². The third-order valence-corrected chi connectivity index (χ3v) is 4.30. The number of halogens is 1. The van der Waals surface area contributed by atoms with Crippen LogP contribution in [-0.4, -0.2) is 25.6 Å². The Balaban J connectivity index is 1.76. The number of rotatable bonds is 3. The van der Waals surface area contributed by atoms with E-state index >= 15 is 0 Å². The van der Waals surface area contributed by atoms with Crippen LogP contribution in [0.3, 0.4) is 0 Å². The molecule has 1 aliphatic heterocycles. The van der Waals surface area contributed by atoms with Crippen LogP contribution in [0.5, 0.6) is 5.75 Å². The van der Waals surface area contributed by atoms with Crippen molar-refractivity contribution in [3.8, 4) is 5.75 Å². The van der Waals surface area contributed by atoms with E-state index in [2.05, 4.69) is 10.1 Å². The molecule has 2 aromatic carbocycles. The fourth-order valence-electron chi connectivity index (χ4n) is 2.73. The Morgan fingerprint density at radius 1 is 1.32 bits per heavy atom. The van der Waals surface area contributed by atoms with Crippen molar-refractivity contribution < 1.29 is 19.1 Å². The third-order valence-electron chi connectivity index (χ3n) is 4.07. The molecule has 0 unspecified atom stereocenters. The van der Waals surface area contributed by atoms with Gasteiger partial charge in [0.2, 0.25) is 5.91 Å². The van der Waals surface area contributed by atoms with Crippen LogP contribution < -0.4 is 15.8 Å². The number of nitrogens with one attached hydrogen (secondary N) is 1. The van der Waals surface area contributed by atoms with Gasteiger partial charge in [0.1, 0.15) is 12.4 Å². The Bertz CT molecular complexity index is 838. The molecule has 0 aliphatic carbocycles. The molecule has 2 aromatic rings. The van der Waals surface area contributed by atoms with Crippen molar-refractivity contribution in [1.29, 1.82) is 0 Å². The Hall–Kier alpha value is -2.73. The van der Waals surface area contributed by atoms with E-state index in [1.54, 1.807) is 36.4 Å². The Kier molecular flexibility index (Phi) is 4.81. The number of benzene rings is 2. The van der Waals surface area contributed by atoms with Gasteiger partial charge in [-0.2, -0.15) is 0 Å². The Morgan fingerprint density at radius 2 is 2.12 bits per heavy atom. The normalized spacial score (nSPS) is 15.7. The fourth-order valence-corrected chi connectivity index (χ4v) is 2.92. The van der Waals surface area contributed by atoms with Crippen LogP contribution in [0, 0.1) is 5.92 Å². The average Bonchev–Trinajstić information content (AvgIpc) is 2.62. The fraction of sp³-hybridized carbons (Fsp3) is 0.222. The van der Waals surface area contributed by atoms with Crippen LogP contribution in [0.15, 0.2) is 36.4 Å². The van der Waals surface area contributed by atoms with Crippen molar-refractivity contribution in [2.75, 3.05) is 24.8 Å². The summed E-state index contributed by atoms with van der Waals surface area (Å²) in [4.78, 5) is 24.3. The second-order valence-corrected chi connectivity index (χ2v) is 6.15. The van der Waals surface area contributed by atoms with Crippen molar-refractivity contribution in [3.05, 3.63) is 52.5 Å². The van der Waals surface area contributed by atoms with E-state index in [0.717, 1.165) is 11.3 Å². The topological polar surface area (TPSA) is 90.6 Å². The lowest BCUT2D eigenvalue weighted by Crippen LogP contribution is -2.32. The number of ether oxygens (including phenoxy) is 2. The van der Waals surface area contributed by atoms with Crippen LogP contribution in [-0.2, 0) is 16.0 Å². The molecule has 130 valence electrons. The zero-order chi connectivity index (χ0) is 18.0. The molecule has 0 spiro atoms. The van der Waals surface area contributed by atoms with E-state index in [1.807, 2.05) is 0 Å². The van der Waals surface area contributed by atoms with Gasteiger partial charge in [0.05, 0.1) is 30.0 Å². The first-order valence-electron chi connectivity index (χ1n) is 7.68. The van der Waals surface area contributed by atoms with Gasteiger partial charge < -0.3 is 20.5 Å². The van der Waals surface area contributed by atoms with E-state index < -0.39 is 5.97 Å². The maximum absolute atomic E-state index is 12.6. The first-order chi connectivity index (χ1) is 12.0. The van der Waals surface area contributed by atoms with Gasteiger partial charge in [-0.05, 0) is 42.3 Å². The molecule has 1 amide bonds. The van der Waals surface area contributed by atoms with Crippen molar-refractivity contribution >= 4 is 34.9 Å². The number of para-hydroxylation sites is 1. The monoisotopic (exact) mass is 360 g/mol. The second-order valence-electron chi connectivity index (χ2n) is 5.71. The summed E-state index contributed by atoms with van der Waals surface area (Å²) in [6.07, 6.45) is 0.512. The molecule has 7 heteroatoms. The van der Waals surface area contributed by atoms with E-state index in [9.17, 15) is 9.59 Å². The minimum atomic E-state index is -0.557. The smallest absolute Gasteiger partial charge is 0.340 e. The third kappa shape index (κ3) is 3.53. The van der Waals surface area contributed by atoms with Gasteiger partial charge in [-0.3, -0.25) is 4.79 Å². The summed E-state index contributed by atoms with van der Waals surface area (Å²) in [5.41, 5.74) is 7.59. The number of anilines is 2. The Morgan fingerprint density at radius 3 is 2.88 bits per heavy atom. The number of methoxy groups -OCH3 is 1. The number of esters is 1. The van der Waals surface area contributed by atoms with Gasteiger partial charge >= 0.3 is 5.97 Å². The molecule has 3 rings (SSSR count). The van der Waals surface area contributed by atoms with Crippen molar-refractivity contribution in [2.24, 2.45) is 5.92 Å². The number of nitrogens with two attached hydrogens (primary N) is 1. The minimum absolute atomic E-state index is 0.169. The summed E-state index contributed by atoms with van der Waals surface area (Å²) in [5, 5.41) is 3.36. The molecule has 0 saturated carbocycles. The van der Waals surface area contributed by atoms with Gasteiger partial charge in [-0.25, -0.2) is 4.79 Å². The van der Waals surface area contributed by atoms with E-state index in [-0.39, 0.29) is 29.7 Å². The quantitative estimate of drug-likeness (QED) is 0.648. The predicted molar refractivity (Wildman–Crippen MR) is 95.0 cm³/mol. The van der Waals surface area contributed by atoms with Gasteiger partial charge in [0, 0.05) is 5.02 Å². The molecule has 6 nitrogen and oxygen atoms in total. The van der Waals surface area contributed by atoms with Crippen molar-refractivity contribution in [3.63, 3.8) is 0 Å². The molecule has 1 atom stereocenters.